The van der Waals surface area contributed by atoms with Crippen molar-refractivity contribution in [2.75, 3.05) is 37.5 Å². The summed E-state index contributed by atoms with van der Waals surface area (Å²) in [6.45, 7) is 1.35. The molecule has 1 aromatic heterocycles. The Labute approximate surface area is 110 Å². The predicted molar refractivity (Wildman–Crippen MR) is 70.5 cm³/mol. The van der Waals surface area contributed by atoms with Crippen LogP contribution < -0.4 is 10.2 Å². The number of methoxy groups -OCH3 is 1. The Morgan fingerprint density at radius 3 is 3.05 bits per heavy atom. The summed E-state index contributed by atoms with van der Waals surface area (Å²) in [5.41, 5.74) is -0.0734. The highest BCUT2D eigenvalue weighted by molar-refractivity contribution is 5.59. The van der Waals surface area contributed by atoms with Crippen LogP contribution in [0, 0.1) is 10.1 Å². The van der Waals surface area contributed by atoms with Crippen LogP contribution >= 0.6 is 0 Å². The number of piperidine rings is 1. The van der Waals surface area contributed by atoms with Gasteiger partial charge in [-0.05, 0) is 12.8 Å². The molecule has 19 heavy (non-hydrogen) atoms. The third-order valence-corrected chi connectivity index (χ3v) is 3.18. The number of nitrogens with zero attached hydrogens (tertiary/aromatic N) is 4. The zero-order chi connectivity index (χ0) is 13.8. The molecule has 0 spiro atoms. The quantitative estimate of drug-likeness (QED) is 0.643. The number of aromatic nitrogens is 2. The van der Waals surface area contributed by atoms with E-state index in [4.69, 9.17) is 4.74 Å². The molecule has 0 aliphatic carbocycles. The van der Waals surface area contributed by atoms with Gasteiger partial charge in [0.1, 0.15) is 6.20 Å². The molecule has 0 saturated carbocycles. The number of anilines is 2. The minimum absolute atomic E-state index is 0.0734. The first-order chi connectivity index (χ1) is 9.15. The van der Waals surface area contributed by atoms with Gasteiger partial charge in [0.05, 0.1) is 11.0 Å². The molecule has 1 aliphatic heterocycles. The highest BCUT2D eigenvalue weighted by atomic mass is 16.6. The lowest BCUT2D eigenvalue weighted by Gasteiger charge is -2.32. The van der Waals surface area contributed by atoms with E-state index in [0.29, 0.717) is 18.3 Å². The van der Waals surface area contributed by atoms with Crippen molar-refractivity contribution in [2.45, 2.75) is 18.9 Å². The molecule has 2 rings (SSSR count). The van der Waals surface area contributed by atoms with Gasteiger partial charge in [-0.2, -0.15) is 4.98 Å². The van der Waals surface area contributed by atoms with Crippen LogP contribution in [0.4, 0.5) is 17.5 Å². The van der Waals surface area contributed by atoms with Gasteiger partial charge < -0.3 is 15.0 Å². The molecule has 1 aromatic rings. The van der Waals surface area contributed by atoms with Gasteiger partial charge in [0, 0.05) is 27.2 Å². The molecular formula is C11H17N5O3. The Morgan fingerprint density at radius 2 is 2.42 bits per heavy atom. The third kappa shape index (κ3) is 2.90. The van der Waals surface area contributed by atoms with E-state index in [1.54, 1.807) is 14.2 Å². The number of hydrogen-bond donors (Lipinski definition) is 1. The van der Waals surface area contributed by atoms with E-state index in [1.165, 1.54) is 6.20 Å². The molecule has 0 aromatic carbocycles. The fourth-order valence-corrected chi connectivity index (χ4v) is 2.17. The molecule has 8 nitrogen and oxygen atoms in total. The number of nitrogens with one attached hydrogen (secondary N) is 1. The monoisotopic (exact) mass is 267 g/mol. The molecule has 0 bridgehead atoms. The van der Waals surface area contributed by atoms with Gasteiger partial charge in [0.15, 0.2) is 0 Å². The van der Waals surface area contributed by atoms with Crippen LogP contribution in [0.3, 0.4) is 0 Å². The average Bonchev–Trinajstić information content (AvgIpc) is 2.46. The van der Waals surface area contributed by atoms with Crippen molar-refractivity contribution in [1.82, 2.24) is 9.97 Å². The van der Waals surface area contributed by atoms with E-state index in [1.807, 2.05) is 4.90 Å². The van der Waals surface area contributed by atoms with Gasteiger partial charge in [-0.3, -0.25) is 10.1 Å². The molecule has 104 valence electrons. The van der Waals surface area contributed by atoms with Gasteiger partial charge in [-0.15, -0.1) is 0 Å². The third-order valence-electron chi connectivity index (χ3n) is 3.18. The van der Waals surface area contributed by atoms with Crippen LogP contribution in [0.25, 0.3) is 0 Å². The summed E-state index contributed by atoms with van der Waals surface area (Å²) in [5, 5.41) is 13.9. The van der Waals surface area contributed by atoms with Crippen LogP contribution in [0.5, 0.6) is 0 Å². The van der Waals surface area contributed by atoms with Crippen molar-refractivity contribution in [3.05, 3.63) is 16.3 Å². The molecule has 1 N–H and O–H groups in total. The van der Waals surface area contributed by atoms with Crippen molar-refractivity contribution >= 4 is 17.5 Å². The molecule has 8 heteroatoms. The summed E-state index contributed by atoms with van der Waals surface area (Å²) >= 11 is 0. The minimum atomic E-state index is -0.453. The summed E-state index contributed by atoms with van der Waals surface area (Å²) in [7, 11) is 3.33. The second-order valence-corrected chi connectivity index (χ2v) is 4.36. The average molecular weight is 267 g/mol. The molecule has 0 radical (unpaired) electrons. The first kappa shape index (κ1) is 13.5. The van der Waals surface area contributed by atoms with Gasteiger partial charge in [0.2, 0.25) is 11.8 Å². The van der Waals surface area contributed by atoms with E-state index in [-0.39, 0.29) is 11.8 Å². The summed E-state index contributed by atoms with van der Waals surface area (Å²) in [6.07, 6.45) is 3.21. The molecular weight excluding hydrogens is 250 g/mol. The van der Waals surface area contributed by atoms with Crippen molar-refractivity contribution in [3.8, 4) is 0 Å². The molecule has 1 aliphatic rings. The zero-order valence-electron chi connectivity index (χ0n) is 11.0. The van der Waals surface area contributed by atoms with Gasteiger partial charge in [-0.1, -0.05) is 0 Å². The van der Waals surface area contributed by atoms with E-state index in [2.05, 4.69) is 15.3 Å². The Morgan fingerprint density at radius 1 is 1.63 bits per heavy atom. The molecule has 1 fully saturated rings. The van der Waals surface area contributed by atoms with Crippen LogP contribution in [0.1, 0.15) is 12.8 Å². The van der Waals surface area contributed by atoms with Crippen LogP contribution in [0.15, 0.2) is 6.20 Å². The Bertz CT molecular complexity index is 468. The fourth-order valence-electron chi connectivity index (χ4n) is 2.17. The maximum absolute atomic E-state index is 11.1. The van der Waals surface area contributed by atoms with Crippen molar-refractivity contribution in [1.29, 1.82) is 0 Å². The lowest BCUT2D eigenvalue weighted by Crippen LogP contribution is -2.40. The van der Waals surface area contributed by atoms with E-state index >= 15 is 0 Å². The lowest BCUT2D eigenvalue weighted by molar-refractivity contribution is -0.384. The first-order valence-electron chi connectivity index (χ1n) is 6.12. The lowest BCUT2D eigenvalue weighted by atomic mass is 10.1. The predicted octanol–water partition coefficient (Wildman–Crippen LogP) is 1.04. The van der Waals surface area contributed by atoms with Crippen molar-refractivity contribution in [2.24, 2.45) is 0 Å². The Balaban J connectivity index is 2.32. The van der Waals surface area contributed by atoms with E-state index in [9.17, 15) is 10.1 Å². The maximum atomic E-state index is 11.1. The molecule has 1 atom stereocenters. The van der Waals surface area contributed by atoms with E-state index < -0.39 is 4.92 Å². The van der Waals surface area contributed by atoms with Crippen LogP contribution in [-0.4, -0.2) is 48.2 Å². The van der Waals surface area contributed by atoms with Gasteiger partial charge in [-0.25, -0.2) is 4.98 Å². The molecule has 2 heterocycles. The molecule has 1 saturated heterocycles. The molecule has 1 unspecified atom stereocenters. The smallest absolute Gasteiger partial charge is 0.329 e. The Hall–Kier alpha value is -1.96. The Kier molecular flexibility index (Phi) is 4.10. The zero-order valence-corrected chi connectivity index (χ0v) is 11.0. The van der Waals surface area contributed by atoms with Gasteiger partial charge >= 0.3 is 5.69 Å². The second kappa shape index (κ2) is 5.79. The fraction of sp³-hybridized carbons (Fsp3) is 0.636. The highest BCUT2D eigenvalue weighted by Crippen LogP contribution is 2.28. The second-order valence-electron chi connectivity index (χ2n) is 4.36. The summed E-state index contributed by atoms with van der Waals surface area (Å²) in [4.78, 5) is 20.6. The topological polar surface area (TPSA) is 93.4 Å². The maximum Gasteiger partial charge on any atom is 0.329 e. The number of rotatable bonds is 4. The van der Waals surface area contributed by atoms with Crippen LogP contribution in [-0.2, 0) is 4.74 Å². The number of nitro groups is 1. The summed E-state index contributed by atoms with van der Waals surface area (Å²) in [5.74, 6) is 0.728. The van der Waals surface area contributed by atoms with Crippen molar-refractivity contribution < 1.29 is 9.66 Å². The first-order valence-corrected chi connectivity index (χ1v) is 6.12. The number of hydrogen-bond acceptors (Lipinski definition) is 7. The number of ether oxygens (including phenoxy) is 1. The van der Waals surface area contributed by atoms with Crippen LogP contribution in [0.2, 0.25) is 0 Å². The van der Waals surface area contributed by atoms with Gasteiger partial charge in [0.25, 0.3) is 0 Å². The van der Waals surface area contributed by atoms with E-state index in [0.717, 1.165) is 19.4 Å². The van der Waals surface area contributed by atoms with Crippen molar-refractivity contribution in [3.63, 3.8) is 0 Å². The molecule has 0 amide bonds. The SMILES string of the molecule is CNc1ncc([N+](=O)[O-])c(N2CCCC(OC)C2)n1. The summed E-state index contributed by atoms with van der Waals surface area (Å²) < 4.78 is 5.33. The normalized spacial score (nSPS) is 19.3. The largest absolute Gasteiger partial charge is 0.380 e. The highest BCUT2D eigenvalue weighted by Gasteiger charge is 2.27. The minimum Gasteiger partial charge on any atom is -0.380 e. The summed E-state index contributed by atoms with van der Waals surface area (Å²) in [6, 6.07) is 0. The standard InChI is InChI=1S/C11H17N5O3/c1-12-11-13-6-9(16(17)18)10(14-11)15-5-3-4-8(7-15)19-2/h6,8H,3-5,7H2,1-2H3,(H,12,13,14).